The number of ether oxygens (including phenoxy) is 1. The Morgan fingerprint density at radius 2 is 2.20 bits per heavy atom. The van der Waals surface area contributed by atoms with Crippen molar-refractivity contribution in [3.63, 3.8) is 0 Å². The third kappa shape index (κ3) is 3.67. The van der Waals surface area contributed by atoms with Crippen LogP contribution in [0.4, 0.5) is 0 Å². The van der Waals surface area contributed by atoms with Crippen LogP contribution in [0.2, 0.25) is 10.0 Å². The Morgan fingerprint density at radius 1 is 1.40 bits per heavy atom. The Bertz CT molecular complexity index is 452. The van der Waals surface area contributed by atoms with E-state index in [0.717, 1.165) is 49.5 Å². The summed E-state index contributed by atoms with van der Waals surface area (Å²) in [5, 5.41) is 4.99. The molecule has 1 saturated heterocycles. The van der Waals surface area contributed by atoms with Crippen LogP contribution in [0.5, 0.6) is 0 Å². The molecule has 20 heavy (non-hydrogen) atoms. The fourth-order valence-corrected chi connectivity index (χ4v) is 3.38. The van der Waals surface area contributed by atoms with E-state index in [1.54, 1.807) is 0 Å². The molecule has 1 N–H and O–H groups in total. The lowest BCUT2D eigenvalue weighted by Crippen LogP contribution is -2.41. The lowest BCUT2D eigenvalue weighted by Gasteiger charge is -2.33. The van der Waals surface area contributed by atoms with E-state index < -0.39 is 0 Å². The second-order valence-electron chi connectivity index (χ2n) is 5.71. The van der Waals surface area contributed by atoms with E-state index in [4.69, 9.17) is 27.9 Å². The molecule has 0 radical (unpaired) electrons. The summed E-state index contributed by atoms with van der Waals surface area (Å²) in [6.45, 7) is 7.21. The summed E-state index contributed by atoms with van der Waals surface area (Å²) in [5.41, 5.74) is 1.29. The van der Waals surface area contributed by atoms with E-state index in [9.17, 15) is 0 Å². The highest BCUT2D eigenvalue weighted by molar-refractivity contribution is 6.35. The summed E-state index contributed by atoms with van der Waals surface area (Å²) in [6, 6.07) is 5.78. The molecular formula is C16H23Cl2NO. The van der Waals surface area contributed by atoms with Crippen LogP contribution in [-0.2, 0) is 11.2 Å². The van der Waals surface area contributed by atoms with Crippen LogP contribution >= 0.6 is 23.2 Å². The minimum absolute atomic E-state index is 0.132. The summed E-state index contributed by atoms with van der Waals surface area (Å²) < 4.78 is 5.83. The predicted molar refractivity (Wildman–Crippen MR) is 85.8 cm³/mol. The Labute approximate surface area is 131 Å². The molecule has 4 heteroatoms. The van der Waals surface area contributed by atoms with E-state index in [1.807, 2.05) is 18.2 Å². The lowest BCUT2D eigenvalue weighted by molar-refractivity contribution is 0.0631. The molecule has 0 saturated carbocycles. The quantitative estimate of drug-likeness (QED) is 0.789. The Morgan fingerprint density at radius 3 is 2.80 bits per heavy atom. The maximum atomic E-state index is 6.33. The van der Waals surface area contributed by atoms with Gasteiger partial charge in [-0.05, 0) is 50.4 Å². The zero-order valence-electron chi connectivity index (χ0n) is 12.2. The molecule has 1 aromatic carbocycles. The van der Waals surface area contributed by atoms with Gasteiger partial charge in [-0.15, -0.1) is 0 Å². The molecule has 0 spiro atoms. The fourth-order valence-electron chi connectivity index (χ4n) is 2.90. The fraction of sp³-hybridized carbons (Fsp3) is 0.625. The standard InChI is InChI=1S/C16H23Cl2NO/c1-3-7-19-11-16(6-8-20-12(16)2)10-13-4-5-14(17)9-15(13)18/h4-5,9,12,19H,3,6-8,10-11H2,1-2H3. The molecule has 112 valence electrons. The molecule has 2 rings (SSSR count). The van der Waals surface area contributed by atoms with E-state index >= 15 is 0 Å². The van der Waals surface area contributed by atoms with Gasteiger partial charge in [-0.25, -0.2) is 0 Å². The maximum absolute atomic E-state index is 6.33. The van der Waals surface area contributed by atoms with Gasteiger partial charge >= 0.3 is 0 Å². The minimum Gasteiger partial charge on any atom is -0.378 e. The third-order valence-corrected chi connectivity index (χ3v) is 4.88. The highest BCUT2D eigenvalue weighted by atomic mass is 35.5. The number of benzene rings is 1. The van der Waals surface area contributed by atoms with Crippen molar-refractivity contribution in [2.45, 2.75) is 39.2 Å². The van der Waals surface area contributed by atoms with Crippen LogP contribution in [0.1, 0.15) is 32.3 Å². The molecule has 2 atom stereocenters. The van der Waals surface area contributed by atoms with Gasteiger partial charge in [-0.1, -0.05) is 36.2 Å². The van der Waals surface area contributed by atoms with Crippen molar-refractivity contribution in [3.8, 4) is 0 Å². The number of hydrogen-bond acceptors (Lipinski definition) is 2. The molecule has 0 bridgehead atoms. The van der Waals surface area contributed by atoms with Gasteiger partial charge in [0.05, 0.1) is 6.10 Å². The Balaban J connectivity index is 2.15. The van der Waals surface area contributed by atoms with Crippen molar-refractivity contribution in [3.05, 3.63) is 33.8 Å². The van der Waals surface area contributed by atoms with Gasteiger partial charge in [0.25, 0.3) is 0 Å². The lowest BCUT2D eigenvalue weighted by atomic mass is 9.76. The highest BCUT2D eigenvalue weighted by Gasteiger charge is 2.41. The minimum atomic E-state index is 0.132. The topological polar surface area (TPSA) is 21.3 Å². The number of halogens is 2. The summed E-state index contributed by atoms with van der Waals surface area (Å²) >= 11 is 12.3. The molecular weight excluding hydrogens is 293 g/mol. The van der Waals surface area contributed by atoms with E-state index in [0.29, 0.717) is 5.02 Å². The first-order valence-electron chi connectivity index (χ1n) is 7.33. The average Bonchev–Trinajstić information content (AvgIpc) is 2.75. The largest absolute Gasteiger partial charge is 0.378 e. The zero-order chi connectivity index (χ0) is 14.6. The normalized spacial score (nSPS) is 26.1. The maximum Gasteiger partial charge on any atom is 0.0619 e. The summed E-state index contributed by atoms with van der Waals surface area (Å²) in [5.74, 6) is 0. The Hall–Kier alpha value is -0.280. The number of hydrogen-bond donors (Lipinski definition) is 1. The molecule has 1 aliphatic rings. The second kappa shape index (κ2) is 7.13. The highest BCUT2D eigenvalue weighted by Crippen LogP contribution is 2.39. The van der Waals surface area contributed by atoms with Crippen molar-refractivity contribution < 1.29 is 4.74 Å². The first-order chi connectivity index (χ1) is 9.57. The van der Waals surface area contributed by atoms with Crippen LogP contribution in [0.25, 0.3) is 0 Å². The van der Waals surface area contributed by atoms with Gasteiger partial charge in [0, 0.05) is 28.6 Å². The summed E-state index contributed by atoms with van der Waals surface area (Å²) in [7, 11) is 0. The first-order valence-corrected chi connectivity index (χ1v) is 8.09. The van der Waals surface area contributed by atoms with Gasteiger partial charge in [-0.2, -0.15) is 0 Å². The van der Waals surface area contributed by atoms with E-state index in [-0.39, 0.29) is 11.5 Å². The van der Waals surface area contributed by atoms with Crippen molar-refractivity contribution >= 4 is 23.2 Å². The zero-order valence-corrected chi connectivity index (χ0v) is 13.7. The third-order valence-electron chi connectivity index (χ3n) is 4.29. The molecule has 0 aromatic heterocycles. The van der Waals surface area contributed by atoms with Crippen LogP contribution in [0.3, 0.4) is 0 Å². The Kier molecular flexibility index (Phi) is 5.74. The van der Waals surface area contributed by atoms with Gasteiger partial charge in [0.2, 0.25) is 0 Å². The first kappa shape index (κ1) is 16.1. The van der Waals surface area contributed by atoms with E-state index in [1.165, 1.54) is 0 Å². The average molecular weight is 316 g/mol. The molecule has 2 unspecified atom stereocenters. The van der Waals surface area contributed by atoms with Gasteiger partial charge in [0.15, 0.2) is 0 Å². The molecule has 1 heterocycles. The monoisotopic (exact) mass is 315 g/mol. The number of nitrogens with one attached hydrogen (secondary N) is 1. The van der Waals surface area contributed by atoms with Gasteiger partial charge in [-0.3, -0.25) is 0 Å². The van der Waals surface area contributed by atoms with Crippen LogP contribution in [-0.4, -0.2) is 25.8 Å². The summed E-state index contributed by atoms with van der Waals surface area (Å²) in [6.07, 6.45) is 3.40. The smallest absolute Gasteiger partial charge is 0.0619 e. The van der Waals surface area contributed by atoms with Crippen molar-refractivity contribution in [2.75, 3.05) is 19.7 Å². The predicted octanol–water partition coefficient (Wildman–Crippen LogP) is 4.33. The molecule has 2 nitrogen and oxygen atoms in total. The van der Waals surface area contributed by atoms with Crippen LogP contribution < -0.4 is 5.32 Å². The molecule has 1 fully saturated rings. The van der Waals surface area contributed by atoms with Crippen molar-refractivity contribution in [2.24, 2.45) is 5.41 Å². The van der Waals surface area contributed by atoms with Crippen molar-refractivity contribution in [1.29, 1.82) is 0 Å². The number of rotatable bonds is 6. The second-order valence-corrected chi connectivity index (χ2v) is 6.56. The molecule has 1 aliphatic heterocycles. The molecule has 1 aromatic rings. The van der Waals surface area contributed by atoms with Crippen LogP contribution in [0.15, 0.2) is 18.2 Å². The molecule has 0 aliphatic carbocycles. The van der Waals surface area contributed by atoms with Gasteiger partial charge < -0.3 is 10.1 Å². The van der Waals surface area contributed by atoms with Gasteiger partial charge in [0.1, 0.15) is 0 Å². The SMILES string of the molecule is CCCNCC1(Cc2ccc(Cl)cc2Cl)CCOC1C. The summed E-state index contributed by atoms with van der Waals surface area (Å²) in [4.78, 5) is 0. The van der Waals surface area contributed by atoms with E-state index in [2.05, 4.69) is 19.2 Å². The molecule has 0 amide bonds. The van der Waals surface area contributed by atoms with Crippen LogP contribution in [0, 0.1) is 5.41 Å². The van der Waals surface area contributed by atoms with Crippen molar-refractivity contribution in [1.82, 2.24) is 5.32 Å².